The van der Waals surface area contributed by atoms with Crippen LogP contribution >= 0.6 is 0 Å². The van der Waals surface area contributed by atoms with Crippen molar-refractivity contribution >= 4 is 5.97 Å². The molecule has 1 aromatic rings. The Morgan fingerprint density at radius 2 is 2.29 bits per heavy atom. The van der Waals surface area contributed by atoms with Crippen LogP contribution in [0, 0.1) is 6.92 Å². The van der Waals surface area contributed by atoms with E-state index >= 15 is 0 Å². The zero-order valence-corrected chi connectivity index (χ0v) is 9.97. The average Bonchev–Trinajstić information content (AvgIpc) is 2.64. The van der Waals surface area contributed by atoms with Gasteiger partial charge in [0.25, 0.3) is 0 Å². The van der Waals surface area contributed by atoms with E-state index in [1.54, 1.807) is 6.92 Å². The summed E-state index contributed by atoms with van der Waals surface area (Å²) in [5.41, 5.74) is 1.71. The normalized spacial score (nSPS) is 21.1. The van der Waals surface area contributed by atoms with Crippen LogP contribution in [-0.2, 0) is 9.53 Å². The largest absolute Gasteiger partial charge is 0.478 e. The van der Waals surface area contributed by atoms with E-state index in [1.807, 2.05) is 25.1 Å². The summed E-state index contributed by atoms with van der Waals surface area (Å²) in [4.78, 5) is 11.3. The summed E-state index contributed by atoms with van der Waals surface area (Å²) in [7, 11) is 0. The second kappa shape index (κ2) is 4.75. The molecule has 0 radical (unpaired) electrons. The van der Waals surface area contributed by atoms with Crippen molar-refractivity contribution < 1.29 is 19.4 Å². The number of hydrogen-bond donors (Lipinski definition) is 1. The van der Waals surface area contributed by atoms with Crippen LogP contribution in [0.5, 0.6) is 5.75 Å². The van der Waals surface area contributed by atoms with Crippen molar-refractivity contribution in [3.63, 3.8) is 0 Å². The molecule has 0 spiro atoms. The number of aliphatic hydroxyl groups excluding tert-OH is 1. The second-order valence-corrected chi connectivity index (χ2v) is 4.28. The first-order valence-electron chi connectivity index (χ1n) is 5.70. The fourth-order valence-corrected chi connectivity index (χ4v) is 1.83. The highest BCUT2D eigenvalue weighted by Crippen LogP contribution is 2.28. The predicted octanol–water partition coefficient (Wildman–Crippen LogP) is 1.74. The number of carbonyl (C=O) groups is 1. The molecule has 17 heavy (non-hydrogen) atoms. The Morgan fingerprint density at radius 1 is 1.53 bits per heavy atom. The van der Waals surface area contributed by atoms with Gasteiger partial charge in [0.1, 0.15) is 5.75 Å². The number of esters is 1. The number of carbonyl (C=O) groups excluding carboxylic acids is 1. The number of benzene rings is 1. The summed E-state index contributed by atoms with van der Waals surface area (Å²) in [6.45, 7) is 4.01. The maximum Gasteiger partial charge on any atom is 0.347 e. The molecule has 0 bridgehead atoms. The van der Waals surface area contributed by atoms with Gasteiger partial charge in [-0.15, -0.1) is 0 Å². The quantitative estimate of drug-likeness (QED) is 0.812. The van der Waals surface area contributed by atoms with Crippen molar-refractivity contribution in [1.82, 2.24) is 0 Å². The highest BCUT2D eigenvalue weighted by Gasteiger charge is 2.29. The van der Waals surface area contributed by atoms with Crippen LogP contribution < -0.4 is 4.74 Å². The number of aryl methyl sites for hydroxylation is 1. The smallest absolute Gasteiger partial charge is 0.347 e. The molecule has 0 saturated carbocycles. The van der Waals surface area contributed by atoms with E-state index in [9.17, 15) is 9.90 Å². The van der Waals surface area contributed by atoms with Crippen molar-refractivity contribution in [2.45, 2.75) is 32.5 Å². The summed E-state index contributed by atoms with van der Waals surface area (Å²) in [6.07, 6.45) is -0.608. The molecular weight excluding hydrogens is 220 g/mol. The van der Waals surface area contributed by atoms with Gasteiger partial charge in [0.05, 0.1) is 12.7 Å². The third-order valence-electron chi connectivity index (χ3n) is 2.78. The Kier molecular flexibility index (Phi) is 3.33. The molecule has 1 N–H and O–H groups in total. The Morgan fingerprint density at radius 3 is 2.88 bits per heavy atom. The molecule has 4 heteroatoms. The molecule has 0 aliphatic carbocycles. The minimum atomic E-state index is -0.622. The maximum absolute atomic E-state index is 11.3. The fourth-order valence-electron chi connectivity index (χ4n) is 1.83. The first-order chi connectivity index (χ1) is 8.08. The van der Waals surface area contributed by atoms with Crippen LogP contribution in [0.4, 0.5) is 0 Å². The van der Waals surface area contributed by atoms with Gasteiger partial charge < -0.3 is 14.6 Å². The van der Waals surface area contributed by atoms with E-state index < -0.39 is 12.2 Å². The SMILES string of the molecule is Cc1ccc([C@H](C)O)c(OC2CCOC2=O)c1. The predicted molar refractivity (Wildman–Crippen MR) is 61.8 cm³/mol. The molecular formula is C13H16O4. The van der Waals surface area contributed by atoms with Crippen LogP contribution in [0.25, 0.3) is 0 Å². The number of aliphatic hydroxyl groups is 1. The van der Waals surface area contributed by atoms with E-state index in [0.29, 0.717) is 24.3 Å². The highest BCUT2D eigenvalue weighted by molar-refractivity contribution is 5.76. The lowest BCUT2D eigenvalue weighted by Crippen LogP contribution is -2.22. The van der Waals surface area contributed by atoms with E-state index in [-0.39, 0.29) is 5.97 Å². The molecule has 1 unspecified atom stereocenters. The van der Waals surface area contributed by atoms with Crippen LogP contribution in [0.1, 0.15) is 30.6 Å². The first-order valence-corrected chi connectivity index (χ1v) is 5.70. The van der Waals surface area contributed by atoms with Gasteiger partial charge in [0.2, 0.25) is 0 Å². The van der Waals surface area contributed by atoms with Crippen molar-refractivity contribution in [2.75, 3.05) is 6.61 Å². The molecule has 0 aromatic heterocycles. The summed E-state index contributed by atoms with van der Waals surface area (Å²) in [6, 6.07) is 5.55. The van der Waals surface area contributed by atoms with Crippen LogP contribution in [0.3, 0.4) is 0 Å². The topological polar surface area (TPSA) is 55.8 Å². The zero-order chi connectivity index (χ0) is 12.4. The Hall–Kier alpha value is -1.55. The molecule has 1 aliphatic rings. The lowest BCUT2D eigenvalue weighted by Gasteiger charge is -2.16. The number of rotatable bonds is 3. The van der Waals surface area contributed by atoms with E-state index in [0.717, 1.165) is 5.56 Å². The van der Waals surface area contributed by atoms with Crippen molar-refractivity contribution in [3.8, 4) is 5.75 Å². The highest BCUT2D eigenvalue weighted by atomic mass is 16.6. The Bertz CT molecular complexity index is 425. The van der Waals surface area contributed by atoms with Gasteiger partial charge in [-0.25, -0.2) is 4.79 Å². The maximum atomic E-state index is 11.3. The summed E-state index contributed by atoms with van der Waals surface area (Å²) in [5, 5.41) is 9.64. The van der Waals surface area contributed by atoms with E-state index in [2.05, 4.69) is 0 Å². The lowest BCUT2D eigenvalue weighted by molar-refractivity contribution is -0.143. The number of cyclic esters (lactones) is 1. The summed E-state index contributed by atoms with van der Waals surface area (Å²) >= 11 is 0. The van der Waals surface area contributed by atoms with Gasteiger partial charge in [-0.2, -0.15) is 0 Å². The minimum Gasteiger partial charge on any atom is -0.478 e. The van der Waals surface area contributed by atoms with Gasteiger partial charge >= 0.3 is 5.97 Å². The number of ether oxygens (including phenoxy) is 2. The van der Waals surface area contributed by atoms with Gasteiger partial charge in [-0.1, -0.05) is 12.1 Å². The Labute approximate surface area is 100 Å². The van der Waals surface area contributed by atoms with Gasteiger partial charge in [0.15, 0.2) is 6.10 Å². The first kappa shape index (κ1) is 11.9. The standard InChI is InChI=1S/C13H16O4/c1-8-3-4-10(9(2)14)12(7-8)17-11-5-6-16-13(11)15/h3-4,7,9,11,14H,5-6H2,1-2H3/t9-,11?/m0/s1. The molecule has 92 valence electrons. The van der Waals surface area contributed by atoms with Gasteiger partial charge in [0, 0.05) is 12.0 Å². The third-order valence-corrected chi connectivity index (χ3v) is 2.78. The van der Waals surface area contributed by atoms with Crippen molar-refractivity contribution in [3.05, 3.63) is 29.3 Å². The monoisotopic (exact) mass is 236 g/mol. The molecule has 1 heterocycles. The molecule has 1 saturated heterocycles. The molecule has 4 nitrogen and oxygen atoms in total. The summed E-state index contributed by atoms with van der Waals surface area (Å²) in [5.74, 6) is 0.229. The molecule has 2 rings (SSSR count). The number of hydrogen-bond acceptors (Lipinski definition) is 4. The fraction of sp³-hybridized carbons (Fsp3) is 0.462. The molecule has 1 fully saturated rings. The van der Waals surface area contributed by atoms with E-state index in [4.69, 9.17) is 9.47 Å². The molecule has 2 atom stereocenters. The molecule has 0 amide bonds. The molecule has 1 aliphatic heterocycles. The van der Waals surface area contributed by atoms with Crippen molar-refractivity contribution in [2.24, 2.45) is 0 Å². The van der Waals surface area contributed by atoms with Gasteiger partial charge in [-0.3, -0.25) is 0 Å². The van der Waals surface area contributed by atoms with E-state index in [1.165, 1.54) is 0 Å². The minimum absolute atomic E-state index is 0.331. The van der Waals surface area contributed by atoms with Crippen LogP contribution in [0.15, 0.2) is 18.2 Å². The average molecular weight is 236 g/mol. The van der Waals surface area contributed by atoms with Crippen LogP contribution in [-0.4, -0.2) is 23.8 Å². The van der Waals surface area contributed by atoms with Gasteiger partial charge in [-0.05, 0) is 25.5 Å². The lowest BCUT2D eigenvalue weighted by atomic mass is 10.1. The van der Waals surface area contributed by atoms with Crippen molar-refractivity contribution in [1.29, 1.82) is 0 Å². The third kappa shape index (κ3) is 2.58. The zero-order valence-electron chi connectivity index (χ0n) is 9.97. The Balaban J connectivity index is 2.24. The van der Waals surface area contributed by atoms with Crippen LogP contribution in [0.2, 0.25) is 0 Å². The second-order valence-electron chi connectivity index (χ2n) is 4.28. The molecule has 1 aromatic carbocycles. The summed E-state index contributed by atoms with van der Waals surface area (Å²) < 4.78 is 10.5.